The molecule has 0 spiro atoms. The number of rotatable bonds is 3. The van der Waals surface area contributed by atoms with Crippen LogP contribution in [0.2, 0.25) is 0 Å². The molecule has 1 aromatic heterocycles. The van der Waals surface area contributed by atoms with Crippen LogP contribution in [0.4, 0.5) is 0 Å². The highest BCUT2D eigenvalue weighted by Gasteiger charge is 2.25. The summed E-state index contributed by atoms with van der Waals surface area (Å²) in [5, 5.41) is 7.11. The molecular weight excluding hydrogens is 250 g/mol. The number of hydrogen-bond acceptors (Lipinski definition) is 2. The molecule has 20 heavy (non-hydrogen) atoms. The lowest BCUT2D eigenvalue weighted by Gasteiger charge is -2.23. The van der Waals surface area contributed by atoms with Crippen molar-refractivity contribution in [2.45, 2.75) is 31.7 Å². The van der Waals surface area contributed by atoms with Crippen LogP contribution in [0.15, 0.2) is 36.4 Å². The predicted molar refractivity (Wildman–Crippen MR) is 78.4 cm³/mol. The molecule has 1 heterocycles. The zero-order valence-electron chi connectivity index (χ0n) is 11.7. The molecular formula is C16H19N3O. The fourth-order valence-electron chi connectivity index (χ4n) is 2.84. The van der Waals surface area contributed by atoms with Crippen LogP contribution in [0.3, 0.4) is 0 Å². The maximum Gasteiger partial charge on any atom is 0.271 e. The Morgan fingerprint density at radius 2 is 1.95 bits per heavy atom. The summed E-state index contributed by atoms with van der Waals surface area (Å²) in [6, 6.07) is 12.1. The third-order valence-corrected chi connectivity index (χ3v) is 4.07. The molecule has 104 valence electrons. The Kier molecular flexibility index (Phi) is 3.54. The number of carbonyl (C=O) groups excluding carboxylic acids is 1. The molecule has 4 heteroatoms. The Morgan fingerprint density at radius 3 is 2.65 bits per heavy atom. The molecule has 2 aromatic rings. The average molecular weight is 269 g/mol. The van der Waals surface area contributed by atoms with Crippen molar-refractivity contribution >= 4 is 5.91 Å². The van der Waals surface area contributed by atoms with Crippen LogP contribution in [-0.2, 0) is 0 Å². The van der Waals surface area contributed by atoms with Gasteiger partial charge in [0.05, 0.1) is 5.69 Å². The summed E-state index contributed by atoms with van der Waals surface area (Å²) >= 11 is 0. The largest absolute Gasteiger partial charge is 0.337 e. The first-order valence-electron chi connectivity index (χ1n) is 7.13. The van der Waals surface area contributed by atoms with Gasteiger partial charge >= 0.3 is 0 Å². The van der Waals surface area contributed by atoms with Crippen molar-refractivity contribution in [3.8, 4) is 11.3 Å². The lowest BCUT2D eigenvalue weighted by atomic mass is 10.1. The van der Waals surface area contributed by atoms with Gasteiger partial charge in [-0.1, -0.05) is 43.2 Å². The second kappa shape index (κ2) is 5.49. The summed E-state index contributed by atoms with van der Waals surface area (Å²) in [6.07, 6.45) is 4.67. The van der Waals surface area contributed by atoms with E-state index < -0.39 is 0 Å². The maximum absolute atomic E-state index is 12.4. The topological polar surface area (TPSA) is 49.0 Å². The maximum atomic E-state index is 12.4. The van der Waals surface area contributed by atoms with Crippen LogP contribution < -0.4 is 0 Å². The van der Waals surface area contributed by atoms with E-state index >= 15 is 0 Å². The SMILES string of the molecule is CN(C(=O)c1cc(-c2ccccc2)n[nH]1)C1CCCC1. The third-order valence-electron chi connectivity index (χ3n) is 4.07. The van der Waals surface area contributed by atoms with Crippen molar-refractivity contribution in [2.75, 3.05) is 7.05 Å². The van der Waals surface area contributed by atoms with Crippen molar-refractivity contribution in [3.63, 3.8) is 0 Å². The van der Waals surface area contributed by atoms with Crippen LogP contribution in [0.25, 0.3) is 11.3 Å². The highest BCUT2D eigenvalue weighted by molar-refractivity contribution is 5.93. The lowest BCUT2D eigenvalue weighted by molar-refractivity contribution is 0.0729. The molecule has 1 fully saturated rings. The van der Waals surface area contributed by atoms with Gasteiger partial charge in [0.1, 0.15) is 5.69 Å². The molecule has 1 saturated carbocycles. The van der Waals surface area contributed by atoms with Gasteiger partial charge in [-0.2, -0.15) is 5.10 Å². The zero-order chi connectivity index (χ0) is 13.9. The summed E-state index contributed by atoms with van der Waals surface area (Å²) < 4.78 is 0. The summed E-state index contributed by atoms with van der Waals surface area (Å²) in [6.45, 7) is 0. The molecule has 3 rings (SSSR count). The van der Waals surface area contributed by atoms with E-state index in [0.717, 1.165) is 24.1 Å². The van der Waals surface area contributed by atoms with Crippen molar-refractivity contribution in [1.82, 2.24) is 15.1 Å². The Labute approximate surface area is 118 Å². The molecule has 0 unspecified atom stereocenters. The Bertz CT molecular complexity index is 585. The first-order valence-corrected chi connectivity index (χ1v) is 7.13. The molecule has 0 atom stereocenters. The average Bonchev–Trinajstić information content (AvgIpc) is 3.18. The van der Waals surface area contributed by atoms with E-state index in [4.69, 9.17) is 0 Å². The van der Waals surface area contributed by atoms with Crippen molar-refractivity contribution in [1.29, 1.82) is 0 Å². The van der Waals surface area contributed by atoms with Crippen molar-refractivity contribution < 1.29 is 4.79 Å². The van der Waals surface area contributed by atoms with E-state index in [1.54, 1.807) is 0 Å². The predicted octanol–water partition coefficient (Wildman–Crippen LogP) is 3.09. The van der Waals surface area contributed by atoms with Crippen molar-refractivity contribution in [2.24, 2.45) is 0 Å². The van der Waals surface area contributed by atoms with Gasteiger partial charge < -0.3 is 4.90 Å². The highest BCUT2D eigenvalue weighted by atomic mass is 16.2. The summed E-state index contributed by atoms with van der Waals surface area (Å²) in [7, 11) is 1.89. The van der Waals surface area contributed by atoms with Crippen molar-refractivity contribution in [3.05, 3.63) is 42.1 Å². The molecule has 0 radical (unpaired) electrons. The first-order chi connectivity index (χ1) is 9.75. The van der Waals surface area contributed by atoms with Crippen LogP contribution in [-0.4, -0.2) is 34.1 Å². The zero-order valence-corrected chi connectivity index (χ0v) is 11.7. The third kappa shape index (κ3) is 2.46. The molecule has 0 bridgehead atoms. The van der Waals surface area contributed by atoms with Gasteiger partial charge in [-0.3, -0.25) is 9.89 Å². The number of nitrogens with zero attached hydrogens (tertiary/aromatic N) is 2. The summed E-state index contributed by atoms with van der Waals surface area (Å²) in [4.78, 5) is 14.3. The molecule has 1 aromatic carbocycles. The molecule has 0 saturated heterocycles. The quantitative estimate of drug-likeness (QED) is 0.930. The fraction of sp³-hybridized carbons (Fsp3) is 0.375. The molecule has 4 nitrogen and oxygen atoms in total. The van der Waals surface area contributed by atoms with E-state index in [-0.39, 0.29) is 5.91 Å². The lowest BCUT2D eigenvalue weighted by Crippen LogP contribution is -2.35. The van der Waals surface area contributed by atoms with Gasteiger partial charge in [-0.05, 0) is 18.9 Å². The van der Waals surface area contributed by atoms with Crippen LogP contribution in [0.1, 0.15) is 36.2 Å². The summed E-state index contributed by atoms with van der Waals surface area (Å²) in [5.41, 5.74) is 2.40. The number of aromatic nitrogens is 2. The number of benzene rings is 1. The number of aromatic amines is 1. The van der Waals surface area contributed by atoms with Crippen LogP contribution in [0, 0.1) is 0 Å². The fourth-order valence-corrected chi connectivity index (χ4v) is 2.84. The van der Waals surface area contributed by atoms with Crippen LogP contribution in [0.5, 0.6) is 0 Å². The van der Waals surface area contributed by atoms with E-state index in [1.165, 1.54) is 12.8 Å². The smallest absolute Gasteiger partial charge is 0.271 e. The number of hydrogen-bond donors (Lipinski definition) is 1. The minimum absolute atomic E-state index is 0.0339. The minimum atomic E-state index is 0.0339. The van der Waals surface area contributed by atoms with E-state index in [1.807, 2.05) is 48.3 Å². The van der Waals surface area contributed by atoms with E-state index in [9.17, 15) is 4.79 Å². The second-order valence-electron chi connectivity index (χ2n) is 5.39. The monoisotopic (exact) mass is 269 g/mol. The normalized spacial score (nSPS) is 15.4. The highest BCUT2D eigenvalue weighted by Crippen LogP contribution is 2.24. The molecule has 1 aliphatic carbocycles. The summed E-state index contributed by atoms with van der Waals surface area (Å²) in [5.74, 6) is 0.0339. The Morgan fingerprint density at radius 1 is 1.25 bits per heavy atom. The second-order valence-corrected chi connectivity index (χ2v) is 5.39. The number of nitrogens with one attached hydrogen (secondary N) is 1. The minimum Gasteiger partial charge on any atom is -0.337 e. The molecule has 1 N–H and O–H groups in total. The first kappa shape index (κ1) is 12.9. The van der Waals surface area contributed by atoms with Gasteiger partial charge in [0.25, 0.3) is 5.91 Å². The molecule has 0 aliphatic heterocycles. The molecule has 1 amide bonds. The van der Waals surface area contributed by atoms with Gasteiger partial charge in [-0.25, -0.2) is 0 Å². The molecule has 1 aliphatic rings. The number of H-pyrrole nitrogens is 1. The Hall–Kier alpha value is -2.10. The van der Waals surface area contributed by atoms with Gasteiger partial charge in [0.2, 0.25) is 0 Å². The standard InChI is InChI=1S/C16H19N3O/c1-19(13-9-5-6-10-13)16(20)15-11-14(17-18-15)12-7-3-2-4-8-12/h2-4,7-8,11,13H,5-6,9-10H2,1H3,(H,17,18). The van der Waals surface area contributed by atoms with Crippen LogP contribution >= 0.6 is 0 Å². The Balaban J connectivity index is 1.78. The van der Waals surface area contributed by atoms with E-state index in [0.29, 0.717) is 11.7 Å². The number of amides is 1. The van der Waals surface area contributed by atoms with Gasteiger partial charge in [0.15, 0.2) is 0 Å². The van der Waals surface area contributed by atoms with Gasteiger partial charge in [-0.15, -0.1) is 0 Å². The van der Waals surface area contributed by atoms with E-state index in [2.05, 4.69) is 10.2 Å². The number of carbonyl (C=O) groups is 1. The van der Waals surface area contributed by atoms with Gasteiger partial charge in [0, 0.05) is 18.7 Å².